The third-order valence-electron chi connectivity index (χ3n) is 6.90. The number of ether oxygens (including phenoxy) is 1. The van der Waals surface area contributed by atoms with Crippen LogP contribution in [0.1, 0.15) is 48.8 Å². The summed E-state index contributed by atoms with van der Waals surface area (Å²) in [4.78, 5) is 22.1. The number of anilines is 1. The summed E-state index contributed by atoms with van der Waals surface area (Å²) in [6.07, 6.45) is 3.97. The number of aromatic nitrogens is 2. The lowest BCUT2D eigenvalue weighted by molar-refractivity contribution is -0.124. The molecule has 1 aliphatic carbocycles. The maximum absolute atomic E-state index is 13.2. The van der Waals surface area contributed by atoms with Crippen molar-refractivity contribution in [2.24, 2.45) is 5.92 Å². The molecule has 6 bridgehead atoms. The van der Waals surface area contributed by atoms with Gasteiger partial charge in [0.1, 0.15) is 11.9 Å². The van der Waals surface area contributed by atoms with E-state index in [-0.39, 0.29) is 28.6 Å². The van der Waals surface area contributed by atoms with Gasteiger partial charge in [0, 0.05) is 24.0 Å². The van der Waals surface area contributed by atoms with Crippen molar-refractivity contribution < 1.29 is 17.9 Å². The van der Waals surface area contributed by atoms with E-state index in [4.69, 9.17) is 4.74 Å². The molecule has 5 rings (SSSR count). The molecule has 0 radical (unpaired) electrons. The standard InChI is InChI=1S/C27H29N3O4S/c1-17-6-3-7-18(2)26(17)23-16-25-29-27(28-23)30-35(32,33)22-11-4-8-19(14-22)12-13-24(31)20-9-5-10-21(15-20)34-25/h3-4,6-8,11,14,16,20-21H,5,9-10,12-13,15H2,1-2H3,(H,28,29,30). The first-order valence-electron chi connectivity index (χ1n) is 12.1. The number of ketones is 1. The van der Waals surface area contributed by atoms with E-state index >= 15 is 0 Å². The highest BCUT2D eigenvalue weighted by molar-refractivity contribution is 7.92. The van der Waals surface area contributed by atoms with E-state index in [1.54, 1.807) is 18.2 Å². The maximum atomic E-state index is 13.2. The van der Waals surface area contributed by atoms with Crippen LogP contribution in [0.25, 0.3) is 11.3 Å². The normalized spacial score (nSPS) is 21.7. The Hall–Kier alpha value is -3.26. The largest absolute Gasteiger partial charge is 0.474 e. The topological polar surface area (TPSA) is 98.3 Å². The number of sulfonamides is 1. The highest BCUT2D eigenvalue weighted by Gasteiger charge is 2.29. The molecule has 1 N–H and O–H groups in total. The zero-order chi connectivity index (χ0) is 24.6. The molecule has 182 valence electrons. The SMILES string of the molecule is Cc1cccc(C)c1-c1cc2nc(n1)NS(=O)(=O)c1cccc(c1)CCC(=O)C1CCCC(C1)O2. The van der Waals surface area contributed by atoms with E-state index in [1.165, 1.54) is 6.07 Å². The van der Waals surface area contributed by atoms with Gasteiger partial charge in [-0.25, -0.2) is 18.1 Å². The van der Waals surface area contributed by atoms with Crippen LogP contribution >= 0.6 is 0 Å². The lowest BCUT2D eigenvalue weighted by Gasteiger charge is -2.28. The van der Waals surface area contributed by atoms with Gasteiger partial charge in [0.05, 0.1) is 10.6 Å². The van der Waals surface area contributed by atoms with Crippen molar-refractivity contribution in [3.63, 3.8) is 0 Å². The average Bonchev–Trinajstić information content (AvgIpc) is 2.82. The molecule has 7 nitrogen and oxygen atoms in total. The van der Waals surface area contributed by atoms with Crippen molar-refractivity contribution in [3.8, 4) is 17.1 Å². The second-order valence-electron chi connectivity index (χ2n) is 9.50. The van der Waals surface area contributed by atoms with E-state index in [1.807, 2.05) is 38.1 Å². The highest BCUT2D eigenvalue weighted by Crippen LogP contribution is 2.33. The van der Waals surface area contributed by atoms with Gasteiger partial charge < -0.3 is 4.74 Å². The molecule has 2 aliphatic rings. The van der Waals surface area contributed by atoms with Crippen LogP contribution in [0.3, 0.4) is 0 Å². The van der Waals surface area contributed by atoms with Gasteiger partial charge in [0.25, 0.3) is 10.0 Å². The predicted octanol–water partition coefficient (Wildman–Crippen LogP) is 5.01. The van der Waals surface area contributed by atoms with E-state index in [2.05, 4.69) is 14.7 Å². The summed E-state index contributed by atoms with van der Waals surface area (Å²) in [6.45, 7) is 3.99. The Kier molecular flexibility index (Phi) is 6.32. The summed E-state index contributed by atoms with van der Waals surface area (Å²) < 4.78 is 35.3. The zero-order valence-corrected chi connectivity index (χ0v) is 20.8. The Balaban J connectivity index is 1.63. The number of hydrogen-bond donors (Lipinski definition) is 1. The molecule has 2 heterocycles. The van der Waals surface area contributed by atoms with Crippen LogP contribution in [0.15, 0.2) is 53.4 Å². The number of rotatable bonds is 1. The summed E-state index contributed by atoms with van der Waals surface area (Å²) in [5.41, 5.74) is 4.35. The van der Waals surface area contributed by atoms with Crippen molar-refractivity contribution in [3.05, 3.63) is 65.2 Å². The summed E-state index contributed by atoms with van der Waals surface area (Å²) in [7, 11) is -3.94. The molecule has 1 fully saturated rings. The molecule has 8 heteroatoms. The quantitative estimate of drug-likeness (QED) is 0.514. The summed E-state index contributed by atoms with van der Waals surface area (Å²) >= 11 is 0. The van der Waals surface area contributed by atoms with Gasteiger partial charge in [-0.2, -0.15) is 4.98 Å². The number of carbonyl (C=O) groups is 1. The first kappa shape index (κ1) is 23.5. The molecule has 0 saturated heterocycles. The number of benzene rings is 2. The fraction of sp³-hybridized carbons (Fsp3) is 0.370. The first-order valence-corrected chi connectivity index (χ1v) is 13.5. The Morgan fingerprint density at radius 2 is 1.74 bits per heavy atom. The third kappa shape index (κ3) is 5.07. The van der Waals surface area contributed by atoms with Crippen LogP contribution in [0.5, 0.6) is 5.88 Å². The third-order valence-corrected chi connectivity index (χ3v) is 8.23. The fourth-order valence-corrected chi connectivity index (χ4v) is 6.13. The van der Waals surface area contributed by atoms with Crippen molar-refractivity contribution >= 4 is 21.8 Å². The average molecular weight is 492 g/mol. The van der Waals surface area contributed by atoms with Crippen LogP contribution in [-0.4, -0.2) is 30.3 Å². The van der Waals surface area contributed by atoms with Crippen LogP contribution in [0.4, 0.5) is 5.95 Å². The van der Waals surface area contributed by atoms with Crippen LogP contribution < -0.4 is 9.46 Å². The Morgan fingerprint density at radius 1 is 0.971 bits per heavy atom. The molecule has 1 aliphatic heterocycles. The summed E-state index contributed by atoms with van der Waals surface area (Å²) in [5.74, 6) is 0.420. The minimum atomic E-state index is -3.94. The molecule has 0 spiro atoms. The molecule has 2 aromatic carbocycles. The number of fused-ring (bicyclic) bond motifs is 6. The van der Waals surface area contributed by atoms with E-state index in [9.17, 15) is 13.2 Å². The number of nitrogens with zero attached hydrogens (tertiary/aromatic N) is 2. The molecule has 35 heavy (non-hydrogen) atoms. The number of nitrogens with one attached hydrogen (secondary N) is 1. The second kappa shape index (κ2) is 9.41. The molecular weight excluding hydrogens is 462 g/mol. The minimum absolute atomic E-state index is 0.0381. The van der Waals surface area contributed by atoms with Crippen molar-refractivity contribution in [1.29, 1.82) is 0 Å². The Labute approximate surface area is 206 Å². The molecule has 1 saturated carbocycles. The molecule has 1 aromatic heterocycles. The Bertz CT molecular complexity index is 1370. The molecule has 2 unspecified atom stereocenters. The predicted molar refractivity (Wildman–Crippen MR) is 134 cm³/mol. The number of aryl methyl sites for hydroxylation is 3. The number of hydrogen-bond acceptors (Lipinski definition) is 6. The van der Waals surface area contributed by atoms with Gasteiger partial charge in [-0.3, -0.25) is 4.79 Å². The number of Topliss-reactive ketones (excluding diaryl/α,β-unsaturated/α-hetero) is 1. The van der Waals surface area contributed by atoms with Crippen LogP contribution in [0.2, 0.25) is 0 Å². The second-order valence-corrected chi connectivity index (χ2v) is 11.2. The monoisotopic (exact) mass is 491 g/mol. The summed E-state index contributed by atoms with van der Waals surface area (Å²) in [6, 6.07) is 14.4. The minimum Gasteiger partial charge on any atom is -0.474 e. The maximum Gasteiger partial charge on any atom is 0.264 e. The first-order chi connectivity index (χ1) is 16.8. The van der Waals surface area contributed by atoms with Gasteiger partial charge in [0.2, 0.25) is 11.8 Å². The molecule has 2 atom stereocenters. The van der Waals surface area contributed by atoms with Gasteiger partial charge in [0.15, 0.2) is 0 Å². The van der Waals surface area contributed by atoms with Crippen molar-refractivity contribution in [1.82, 2.24) is 9.97 Å². The lowest BCUT2D eigenvalue weighted by Crippen LogP contribution is -2.30. The fourth-order valence-electron chi connectivity index (χ4n) is 5.11. The molecule has 0 amide bonds. The zero-order valence-electron chi connectivity index (χ0n) is 20.0. The van der Waals surface area contributed by atoms with Gasteiger partial charge >= 0.3 is 0 Å². The van der Waals surface area contributed by atoms with E-state index in [0.717, 1.165) is 41.5 Å². The van der Waals surface area contributed by atoms with Gasteiger partial charge in [-0.05, 0) is 74.8 Å². The Morgan fingerprint density at radius 3 is 2.54 bits per heavy atom. The van der Waals surface area contributed by atoms with E-state index in [0.29, 0.717) is 30.8 Å². The van der Waals surface area contributed by atoms with Crippen LogP contribution in [-0.2, 0) is 21.2 Å². The highest BCUT2D eigenvalue weighted by atomic mass is 32.2. The van der Waals surface area contributed by atoms with E-state index < -0.39 is 10.0 Å². The number of carbonyl (C=O) groups excluding carboxylic acids is 1. The van der Waals surface area contributed by atoms with Gasteiger partial charge in [-0.15, -0.1) is 0 Å². The van der Waals surface area contributed by atoms with Crippen molar-refractivity contribution in [2.45, 2.75) is 63.4 Å². The smallest absolute Gasteiger partial charge is 0.264 e. The van der Waals surface area contributed by atoms with Crippen molar-refractivity contribution in [2.75, 3.05) is 4.72 Å². The molecular formula is C27H29N3O4S. The van der Waals surface area contributed by atoms with Gasteiger partial charge in [-0.1, -0.05) is 30.3 Å². The molecule has 3 aromatic rings. The lowest BCUT2D eigenvalue weighted by atomic mass is 9.83. The summed E-state index contributed by atoms with van der Waals surface area (Å²) in [5, 5.41) is 0. The van der Waals surface area contributed by atoms with Crippen LogP contribution in [0, 0.1) is 19.8 Å².